The summed E-state index contributed by atoms with van der Waals surface area (Å²) in [5.41, 5.74) is 2.00. The van der Waals surface area contributed by atoms with Crippen molar-refractivity contribution in [2.45, 2.75) is 0 Å². The van der Waals surface area contributed by atoms with Crippen molar-refractivity contribution >= 4 is 16.6 Å². The lowest BCUT2D eigenvalue weighted by molar-refractivity contribution is 0.313. The molecule has 0 radical (unpaired) electrons. The SMILES string of the molecule is CN1CCN(c2ccc(-n3cc(-c4cc5ccccc5n(F)c4=O)nn3)cc2)CC1. The van der Waals surface area contributed by atoms with E-state index in [4.69, 9.17) is 0 Å². The highest BCUT2D eigenvalue weighted by molar-refractivity contribution is 5.83. The van der Waals surface area contributed by atoms with E-state index < -0.39 is 5.56 Å². The molecule has 30 heavy (non-hydrogen) atoms. The van der Waals surface area contributed by atoms with Crippen molar-refractivity contribution in [3.63, 3.8) is 0 Å². The number of likely N-dealkylation sites (N-methyl/N-ethyl adjacent to an activating group) is 1. The molecule has 1 aliphatic rings. The highest BCUT2D eigenvalue weighted by Gasteiger charge is 2.16. The Bertz CT molecular complexity index is 1250. The van der Waals surface area contributed by atoms with Crippen molar-refractivity contribution in [1.82, 2.24) is 24.7 Å². The third-order valence-electron chi connectivity index (χ3n) is 5.61. The number of para-hydroxylation sites is 1. The Kier molecular flexibility index (Phi) is 4.55. The van der Waals surface area contributed by atoms with Gasteiger partial charge in [-0.1, -0.05) is 27.9 Å². The van der Waals surface area contributed by atoms with Crippen LogP contribution < -0.4 is 10.5 Å². The Morgan fingerprint density at radius 1 is 0.933 bits per heavy atom. The molecule has 5 rings (SSSR count). The number of fused-ring (bicyclic) bond motifs is 1. The predicted molar refractivity (Wildman–Crippen MR) is 115 cm³/mol. The molecule has 152 valence electrons. The van der Waals surface area contributed by atoms with Gasteiger partial charge in [-0.25, -0.2) is 4.68 Å². The van der Waals surface area contributed by atoms with E-state index in [2.05, 4.69) is 39.3 Å². The fourth-order valence-electron chi connectivity index (χ4n) is 3.80. The molecule has 8 heteroatoms. The third-order valence-corrected chi connectivity index (χ3v) is 5.61. The lowest BCUT2D eigenvalue weighted by Crippen LogP contribution is -2.44. The van der Waals surface area contributed by atoms with E-state index in [1.54, 1.807) is 41.2 Å². The molecule has 0 bridgehead atoms. The fraction of sp³-hybridized carbons (Fsp3) is 0.227. The molecule has 0 unspecified atom stereocenters. The van der Waals surface area contributed by atoms with Crippen molar-refractivity contribution in [2.24, 2.45) is 0 Å². The fourth-order valence-corrected chi connectivity index (χ4v) is 3.80. The number of halogens is 1. The van der Waals surface area contributed by atoms with Gasteiger partial charge in [0.1, 0.15) is 5.69 Å². The highest BCUT2D eigenvalue weighted by atomic mass is 19.2. The summed E-state index contributed by atoms with van der Waals surface area (Å²) in [6.45, 7) is 4.10. The first-order valence-corrected chi connectivity index (χ1v) is 9.88. The van der Waals surface area contributed by atoms with Gasteiger partial charge in [0.05, 0.1) is 23.0 Å². The van der Waals surface area contributed by atoms with Crippen LogP contribution in [0.5, 0.6) is 0 Å². The van der Waals surface area contributed by atoms with Crippen molar-refractivity contribution < 1.29 is 4.48 Å². The van der Waals surface area contributed by atoms with Gasteiger partial charge >= 0.3 is 0 Å². The van der Waals surface area contributed by atoms with Crippen LogP contribution in [0.25, 0.3) is 27.8 Å². The number of hydrogen-bond donors (Lipinski definition) is 0. The quantitative estimate of drug-likeness (QED) is 0.526. The summed E-state index contributed by atoms with van der Waals surface area (Å²) in [6, 6.07) is 16.5. The van der Waals surface area contributed by atoms with E-state index in [0.717, 1.165) is 31.9 Å². The lowest BCUT2D eigenvalue weighted by Gasteiger charge is -2.34. The molecule has 2 aromatic heterocycles. The molecule has 0 aliphatic carbocycles. The van der Waals surface area contributed by atoms with Crippen LogP contribution >= 0.6 is 0 Å². The second-order valence-corrected chi connectivity index (χ2v) is 7.56. The van der Waals surface area contributed by atoms with Crippen LogP contribution in [0, 0.1) is 0 Å². The summed E-state index contributed by atoms with van der Waals surface area (Å²) >= 11 is 0. The van der Waals surface area contributed by atoms with Gasteiger partial charge in [-0.2, -0.15) is 0 Å². The first-order chi connectivity index (χ1) is 14.6. The maximum Gasteiger partial charge on any atom is 0.288 e. The van der Waals surface area contributed by atoms with Crippen LogP contribution in [0.2, 0.25) is 0 Å². The molecule has 4 aromatic rings. The van der Waals surface area contributed by atoms with Crippen molar-refractivity contribution in [3.05, 3.63) is 71.1 Å². The molecular weight excluding hydrogens is 383 g/mol. The highest BCUT2D eigenvalue weighted by Crippen LogP contribution is 2.22. The zero-order valence-corrected chi connectivity index (χ0v) is 16.6. The summed E-state index contributed by atoms with van der Waals surface area (Å²) in [4.78, 5) is 17.3. The molecule has 1 saturated heterocycles. The van der Waals surface area contributed by atoms with E-state index in [0.29, 0.717) is 11.1 Å². The third kappa shape index (κ3) is 3.25. The van der Waals surface area contributed by atoms with Gasteiger partial charge in [0.25, 0.3) is 5.56 Å². The van der Waals surface area contributed by atoms with Crippen molar-refractivity contribution in [3.8, 4) is 16.9 Å². The number of benzene rings is 2. The van der Waals surface area contributed by atoms with Crippen LogP contribution in [0.4, 0.5) is 10.2 Å². The zero-order valence-electron chi connectivity index (χ0n) is 16.6. The molecule has 0 saturated carbocycles. The second-order valence-electron chi connectivity index (χ2n) is 7.56. The van der Waals surface area contributed by atoms with E-state index in [9.17, 15) is 9.28 Å². The van der Waals surface area contributed by atoms with E-state index in [-0.39, 0.29) is 15.9 Å². The maximum absolute atomic E-state index is 14.5. The topological polar surface area (TPSA) is 59.2 Å². The monoisotopic (exact) mass is 404 g/mol. The van der Waals surface area contributed by atoms with Crippen LogP contribution in [0.3, 0.4) is 0 Å². The standard InChI is InChI=1S/C22H21FN6O/c1-26-10-12-27(13-11-26)17-6-8-18(9-7-17)28-15-20(24-25-28)19-14-16-4-2-3-5-21(16)29(23)22(19)30/h2-9,14-15H,10-13H2,1H3. The molecule has 2 aromatic carbocycles. The molecule has 1 fully saturated rings. The van der Waals surface area contributed by atoms with Crippen LogP contribution in [-0.2, 0) is 0 Å². The Morgan fingerprint density at radius 3 is 2.40 bits per heavy atom. The molecule has 0 N–H and O–H groups in total. The molecular formula is C22H21FN6O. The average molecular weight is 404 g/mol. The minimum absolute atomic E-state index is 0.161. The van der Waals surface area contributed by atoms with Gasteiger partial charge in [0, 0.05) is 37.3 Å². The van der Waals surface area contributed by atoms with Gasteiger partial charge < -0.3 is 9.80 Å². The Hall–Kier alpha value is -3.52. The minimum Gasteiger partial charge on any atom is -0.369 e. The first kappa shape index (κ1) is 18.5. The Labute approximate surface area is 172 Å². The molecule has 3 heterocycles. The lowest BCUT2D eigenvalue weighted by atomic mass is 10.1. The number of piperazine rings is 1. The molecule has 1 aliphatic heterocycles. The Balaban J connectivity index is 1.44. The number of rotatable bonds is 3. The summed E-state index contributed by atoms with van der Waals surface area (Å²) in [5, 5.41) is 8.88. The van der Waals surface area contributed by atoms with E-state index in [1.807, 2.05) is 12.1 Å². The van der Waals surface area contributed by atoms with Crippen LogP contribution in [0.15, 0.2) is 65.6 Å². The Morgan fingerprint density at radius 2 is 1.63 bits per heavy atom. The molecule has 0 atom stereocenters. The van der Waals surface area contributed by atoms with Gasteiger partial charge in [0.15, 0.2) is 0 Å². The number of aromatic nitrogens is 4. The zero-order chi connectivity index (χ0) is 20.7. The summed E-state index contributed by atoms with van der Waals surface area (Å²) in [7, 11) is 2.13. The number of nitrogens with zero attached hydrogens (tertiary/aromatic N) is 6. The predicted octanol–water partition coefficient (Wildman–Crippen LogP) is 2.73. The van der Waals surface area contributed by atoms with E-state index in [1.165, 1.54) is 5.69 Å². The first-order valence-electron chi connectivity index (χ1n) is 9.88. The van der Waals surface area contributed by atoms with Gasteiger partial charge in [-0.3, -0.25) is 4.79 Å². The van der Waals surface area contributed by atoms with Crippen molar-refractivity contribution in [2.75, 3.05) is 38.1 Å². The maximum atomic E-state index is 14.5. The average Bonchev–Trinajstić information content (AvgIpc) is 3.27. The smallest absolute Gasteiger partial charge is 0.288 e. The van der Waals surface area contributed by atoms with Crippen LogP contribution in [-0.4, -0.2) is 57.9 Å². The van der Waals surface area contributed by atoms with Gasteiger partial charge in [0.2, 0.25) is 0 Å². The molecule has 7 nitrogen and oxygen atoms in total. The minimum atomic E-state index is -0.744. The van der Waals surface area contributed by atoms with Crippen molar-refractivity contribution in [1.29, 1.82) is 0 Å². The largest absolute Gasteiger partial charge is 0.369 e. The number of hydrogen-bond acceptors (Lipinski definition) is 5. The van der Waals surface area contributed by atoms with E-state index >= 15 is 0 Å². The summed E-state index contributed by atoms with van der Waals surface area (Å²) in [5.74, 6) is 0. The second kappa shape index (κ2) is 7.38. The number of anilines is 1. The normalized spacial score (nSPS) is 15.1. The summed E-state index contributed by atoms with van der Waals surface area (Å²) < 4.78 is 16.1. The molecule has 0 amide bonds. The molecule has 0 spiro atoms. The van der Waals surface area contributed by atoms with Crippen LogP contribution in [0.1, 0.15) is 0 Å². The number of pyridine rings is 1. The summed E-state index contributed by atoms with van der Waals surface area (Å²) in [6.07, 6.45) is 1.65. The van der Waals surface area contributed by atoms with Gasteiger partial charge in [-0.15, -0.1) is 9.89 Å². The van der Waals surface area contributed by atoms with Gasteiger partial charge in [-0.05, 0) is 43.4 Å².